The molecule has 0 heterocycles. The average molecular weight is 618 g/mol. The molecule has 1 aliphatic carbocycles. The molecule has 1 fully saturated rings. The molecule has 204 valence electrons. The fraction of sp³-hybridized carbons (Fsp3) is 0.222. The number of alkyl halides is 2. The monoisotopic (exact) mass is 616 g/mol. The number of carbonyl (C=O) groups is 3. The number of benzene rings is 3. The largest absolute Gasteiger partial charge is 0.326 e. The highest BCUT2D eigenvalue weighted by Crippen LogP contribution is 2.65. The molecule has 2 amide bonds. The van der Waals surface area contributed by atoms with E-state index in [2.05, 4.69) is 10.6 Å². The van der Waals surface area contributed by atoms with Gasteiger partial charge in [0.1, 0.15) is 21.8 Å². The van der Waals surface area contributed by atoms with Crippen LogP contribution in [0.3, 0.4) is 0 Å². The number of carbonyl (C=O) groups excluding carboxylic acids is 3. The first kappa shape index (κ1) is 29.2. The van der Waals surface area contributed by atoms with E-state index in [9.17, 15) is 27.6 Å². The zero-order valence-electron chi connectivity index (χ0n) is 20.1. The van der Waals surface area contributed by atoms with Crippen molar-refractivity contribution in [1.29, 1.82) is 0 Å². The molecule has 2 atom stereocenters. The van der Waals surface area contributed by atoms with E-state index in [1.54, 1.807) is 6.92 Å². The minimum absolute atomic E-state index is 0.0105. The van der Waals surface area contributed by atoms with Crippen molar-refractivity contribution in [2.24, 2.45) is 5.92 Å². The van der Waals surface area contributed by atoms with E-state index in [-0.39, 0.29) is 39.2 Å². The van der Waals surface area contributed by atoms with Crippen LogP contribution in [0.2, 0.25) is 10.0 Å². The molecule has 12 heteroatoms. The first-order valence-electron chi connectivity index (χ1n) is 11.6. The molecule has 1 saturated carbocycles. The van der Waals surface area contributed by atoms with Crippen molar-refractivity contribution < 1.29 is 27.6 Å². The van der Waals surface area contributed by atoms with E-state index >= 15 is 0 Å². The van der Waals surface area contributed by atoms with E-state index in [0.717, 1.165) is 18.2 Å². The molecule has 0 radical (unpaired) electrons. The Balaban J connectivity index is 1.52. The first-order valence-corrected chi connectivity index (χ1v) is 13.1. The smallest absolute Gasteiger partial charge is 0.257 e. The Kier molecular flexibility index (Phi) is 8.52. The van der Waals surface area contributed by atoms with Gasteiger partial charge in [0.2, 0.25) is 5.91 Å². The lowest BCUT2D eigenvalue weighted by Gasteiger charge is -2.13. The highest BCUT2D eigenvalue weighted by Gasteiger charge is 2.67. The predicted molar refractivity (Wildman–Crippen MR) is 145 cm³/mol. The van der Waals surface area contributed by atoms with Crippen LogP contribution < -0.4 is 10.6 Å². The summed E-state index contributed by atoms with van der Waals surface area (Å²) >= 11 is 24.7. The fourth-order valence-corrected chi connectivity index (χ4v) is 5.36. The molecule has 3 aromatic carbocycles. The minimum Gasteiger partial charge on any atom is -0.326 e. The van der Waals surface area contributed by atoms with E-state index in [4.69, 9.17) is 46.4 Å². The molecule has 0 saturated heterocycles. The molecule has 3 aromatic rings. The summed E-state index contributed by atoms with van der Waals surface area (Å²) in [6.07, 6.45) is -0.369. The maximum atomic E-state index is 14.9. The van der Waals surface area contributed by atoms with Gasteiger partial charge in [-0.05, 0) is 48.0 Å². The Morgan fingerprint density at radius 1 is 0.897 bits per heavy atom. The zero-order chi connectivity index (χ0) is 28.6. The van der Waals surface area contributed by atoms with Crippen LogP contribution in [0.15, 0.2) is 48.5 Å². The van der Waals surface area contributed by atoms with Crippen molar-refractivity contribution in [3.05, 3.63) is 92.7 Å². The summed E-state index contributed by atoms with van der Waals surface area (Å²) in [7, 11) is 0. The van der Waals surface area contributed by atoms with Crippen molar-refractivity contribution in [3.63, 3.8) is 0 Å². The number of halogens is 7. The van der Waals surface area contributed by atoms with Crippen LogP contribution in [0.4, 0.5) is 24.5 Å². The van der Waals surface area contributed by atoms with E-state index in [1.165, 1.54) is 30.3 Å². The lowest BCUT2D eigenvalue weighted by molar-refractivity contribution is -0.118. The number of Topliss-reactive ketones (excluding diaryl/α,β-unsaturated/α-hetero) is 1. The van der Waals surface area contributed by atoms with Crippen LogP contribution in [0.5, 0.6) is 0 Å². The van der Waals surface area contributed by atoms with Gasteiger partial charge in [-0.2, -0.15) is 0 Å². The third-order valence-electron chi connectivity index (χ3n) is 6.32. The number of anilines is 2. The molecular formula is C27H19Cl4F3N2O3. The maximum Gasteiger partial charge on any atom is 0.257 e. The second-order valence-corrected chi connectivity index (χ2v) is 11.2. The van der Waals surface area contributed by atoms with E-state index in [1.807, 2.05) is 0 Å². The van der Waals surface area contributed by atoms with Crippen LogP contribution in [0.1, 0.15) is 40.7 Å². The lowest BCUT2D eigenvalue weighted by atomic mass is 10.0. The topological polar surface area (TPSA) is 75.3 Å². The molecule has 1 aliphatic rings. The van der Waals surface area contributed by atoms with Crippen LogP contribution in [0.25, 0.3) is 0 Å². The maximum absolute atomic E-state index is 14.9. The Bertz CT molecular complexity index is 1500. The number of hydrogen-bond donors (Lipinski definition) is 2. The summed E-state index contributed by atoms with van der Waals surface area (Å²) in [4.78, 5) is 37.6. The minimum atomic E-state index is -1.48. The fourth-order valence-electron chi connectivity index (χ4n) is 4.14. The summed E-state index contributed by atoms with van der Waals surface area (Å²) in [5.74, 6) is -5.98. The standard InChI is InChI=1S/C27H19Cl4F3N2O3/c1-2-14(37)11-16-19(32)7-8-21(24(16)34)36-25(38)15-10-13(4-5-17(15)28)35-26(39)23-22(27(23,30)31)12-3-6-20(33)18(29)9-12/h3-10,22-23H,2,11H2,1H3,(H,35,39)(H,36,38)/t22-,23+/m0/s1. The van der Waals surface area contributed by atoms with E-state index in [0.29, 0.717) is 5.56 Å². The summed E-state index contributed by atoms with van der Waals surface area (Å²) in [6, 6.07) is 9.93. The predicted octanol–water partition coefficient (Wildman–Crippen LogP) is 7.71. The third kappa shape index (κ3) is 6.04. The molecular weight excluding hydrogens is 599 g/mol. The number of amides is 2. The SMILES string of the molecule is CCC(=O)Cc1c(F)ccc(NC(=O)c2cc(NC(=O)[C@H]3[C@H](c4ccc(F)c(Cl)c4)C3(Cl)Cl)ccc2Cl)c1F. The second-order valence-electron chi connectivity index (χ2n) is 8.90. The van der Waals surface area contributed by atoms with E-state index < -0.39 is 57.4 Å². The Morgan fingerprint density at radius 3 is 2.26 bits per heavy atom. The van der Waals surface area contributed by atoms with Gasteiger partial charge in [-0.3, -0.25) is 14.4 Å². The average Bonchev–Trinajstić information content (AvgIpc) is 3.47. The Labute approximate surface area is 241 Å². The van der Waals surface area contributed by atoms with Gasteiger partial charge in [0, 0.05) is 30.0 Å². The van der Waals surface area contributed by atoms with Crippen molar-refractivity contribution in [1.82, 2.24) is 0 Å². The highest BCUT2D eigenvalue weighted by molar-refractivity contribution is 6.53. The van der Waals surface area contributed by atoms with Gasteiger partial charge in [0.05, 0.1) is 27.2 Å². The van der Waals surface area contributed by atoms with Gasteiger partial charge in [0.15, 0.2) is 5.82 Å². The summed E-state index contributed by atoms with van der Waals surface area (Å²) < 4.78 is 41.1. The molecule has 0 aliphatic heterocycles. The zero-order valence-corrected chi connectivity index (χ0v) is 23.1. The molecule has 0 bridgehead atoms. The number of rotatable bonds is 8. The molecule has 0 unspecified atom stereocenters. The number of ketones is 1. The molecule has 5 nitrogen and oxygen atoms in total. The van der Waals surface area contributed by atoms with Gasteiger partial charge in [-0.25, -0.2) is 13.2 Å². The van der Waals surface area contributed by atoms with Crippen molar-refractivity contribution in [3.8, 4) is 0 Å². The molecule has 4 rings (SSSR count). The van der Waals surface area contributed by atoms with Gasteiger partial charge in [-0.1, -0.05) is 36.2 Å². The first-order chi connectivity index (χ1) is 18.3. The lowest BCUT2D eigenvalue weighted by Crippen LogP contribution is -2.19. The Morgan fingerprint density at radius 2 is 1.59 bits per heavy atom. The molecule has 0 spiro atoms. The quantitative estimate of drug-likeness (QED) is 0.254. The van der Waals surface area contributed by atoms with Crippen LogP contribution in [-0.4, -0.2) is 21.9 Å². The van der Waals surface area contributed by atoms with Crippen LogP contribution >= 0.6 is 46.4 Å². The van der Waals surface area contributed by atoms with Crippen LogP contribution in [0, 0.1) is 23.4 Å². The molecule has 0 aromatic heterocycles. The summed E-state index contributed by atoms with van der Waals surface area (Å²) in [5.41, 5.74) is -0.290. The Hall–Kier alpha value is -2.78. The van der Waals surface area contributed by atoms with Gasteiger partial charge in [0.25, 0.3) is 5.91 Å². The van der Waals surface area contributed by atoms with Gasteiger partial charge in [-0.15, -0.1) is 23.2 Å². The van der Waals surface area contributed by atoms with Crippen LogP contribution in [-0.2, 0) is 16.0 Å². The third-order valence-corrected chi connectivity index (χ3v) is 7.88. The van der Waals surface area contributed by atoms with Crippen molar-refractivity contribution >= 4 is 75.4 Å². The normalized spacial score (nSPS) is 17.4. The summed E-state index contributed by atoms with van der Waals surface area (Å²) in [5, 5.41) is 4.78. The molecule has 2 N–H and O–H groups in total. The van der Waals surface area contributed by atoms with Gasteiger partial charge < -0.3 is 10.6 Å². The number of hydrogen-bond acceptors (Lipinski definition) is 3. The van der Waals surface area contributed by atoms with Crippen molar-refractivity contribution in [2.45, 2.75) is 30.0 Å². The number of nitrogens with one attached hydrogen (secondary N) is 2. The van der Waals surface area contributed by atoms with Crippen molar-refractivity contribution in [2.75, 3.05) is 10.6 Å². The highest BCUT2D eigenvalue weighted by atomic mass is 35.5. The van der Waals surface area contributed by atoms with Gasteiger partial charge >= 0.3 is 0 Å². The second kappa shape index (κ2) is 11.4. The molecule has 39 heavy (non-hydrogen) atoms. The summed E-state index contributed by atoms with van der Waals surface area (Å²) in [6.45, 7) is 1.57.